The lowest BCUT2D eigenvalue weighted by molar-refractivity contribution is -0.166. The van der Waals surface area contributed by atoms with Crippen LogP contribution in [0, 0.1) is 5.41 Å². The summed E-state index contributed by atoms with van der Waals surface area (Å²) >= 11 is 0. The van der Waals surface area contributed by atoms with E-state index >= 15 is 0 Å². The largest absolute Gasteiger partial charge is 0.469 e. The molecule has 0 heterocycles. The summed E-state index contributed by atoms with van der Waals surface area (Å²) in [7, 11) is 1.19. The van der Waals surface area contributed by atoms with Crippen molar-refractivity contribution in [3.8, 4) is 0 Å². The number of rotatable bonds is 8. The van der Waals surface area contributed by atoms with Crippen LogP contribution >= 0.6 is 0 Å². The van der Waals surface area contributed by atoms with E-state index in [9.17, 15) is 19.2 Å². The molecule has 0 aromatic carbocycles. The molecule has 0 aromatic heterocycles. The predicted octanol–water partition coefficient (Wildman–Crippen LogP) is 0.225. The molecule has 0 rings (SSSR count). The topological polar surface area (TPSA) is 105 Å². The number of methoxy groups -OCH3 is 1. The van der Waals surface area contributed by atoms with Crippen molar-refractivity contribution in [2.75, 3.05) is 26.9 Å². The molecule has 0 fully saturated rings. The average Bonchev–Trinajstić information content (AvgIpc) is 2.40. The zero-order valence-corrected chi connectivity index (χ0v) is 12.6. The zero-order chi connectivity index (χ0) is 16.5. The van der Waals surface area contributed by atoms with Crippen LogP contribution in [0.15, 0.2) is 0 Å². The van der Waals surface area contributed by atoms with E-state index in [1.165, 1.54) is 27.9 Å². The van der Waals surface area contributed by atoms with Crippen LogP contribution < -0.4 is 0 Å². The number of hydrogen-bond acceptors (Lipinski definition) is 8. The molecule has 21 heavy (non-hydrogen) atoms. The van der Waals surface area contributed by atoms with Crippen molar-refractivity contribution in [2.45, 2.75) is 27.2 Å². The van der Waals surface area contributed by atoms with Gasteiger partial charge in [0.25, 0.3) is 0 Å². The summed E-state index contributed by atoms with van der Waals surface area (Å²) in [4.78, 5) is 44.4. The minimum Gasteiger partial charge on any atom is -0.469 e. The van der Waals surface area contributed by atoms with E-state index in [0.717, 1.165) is 0 Å². The van der Waals surface area contributed by atoms with E-state index in [4.69, 9.17) is 14.2 Å². The van der Waals surface area contributed by atoms with Gasteiger partial charge in [-0.25, -0.2) is 0 Å². The normalized spacial score (nSPS) is 10.5. The lowest BCUT2D eigenvalue weighted by Gasteiger charge is -2.30. The van der Waals surface area contributed by atoms with Crippen LogP contribution in [0.25, 0.3) is 0 Å². The summed E-state index contributed by atoms with van der Waals surface area (Å²) in [5.74, 6) is -2.33. The molecule has 0 spiro atoms. The second-order valence-corrected chi connectivity index (χ2v) is 4.59. The molecule has 0 saturated heterocycles. The number of hydrogen-bond donors (Lipinski definition) is 0. The Bertz CT molecular complexity index is 355. The van der Waals surface area contributed by atoms with E-state index in [0.29, 0.717) is 0 Å². The summed E-state index contributed by atoms with van der Waals surface area (Å²) in [6.45, 7) is 2.83. The maximum absolute atomic E-state index is 11.5. The fourth-order valence-electron chi connectivity index (χ4n) is 1.42. The minimum absolute atomic E-state index is 0.239. The first-order chi connectivity index (χ1) is 9.70. The molecule has 0 aliphatic rings. The third-order valence-corrected chi connectivity index (χ3v) is 2.49. The first-order valence-corrected chi connectivity index (χ1v) is 6.18. The van der Waals surface area contributed by atoms with E-state index < -0.39 is 29.3 Å². The van der Waals surface area contributed by atoms with E-state index in [1.807, 2.05) is 0 Å². The summed E-state index contributed by atoms with van der Waals surface area (Å²) in [6.07, 6.45) is -0.239. The highest BCUT2D eigenvalue weighted by molar-refractivity contribution is 5.71. The first kappa shape index (κ1) is 18.9. The maximum Gasteiger partial charge on any atom is 0.306 e. The number of carbonyl (C=O) groups is 4. The van der Waals surface area contributed by atoms with Gasteiger partial charge in [-0.1, -0.05) is 0 Å². The molecular formula is C13H20O8. The van der Waals surface area contributed by atoms with Gasteiger partial charge in [-0.05, 0) is 0 Å². The van der Waals surface area contributed by atoms with Crippen LogP contribution in [0.4, 0.5) is 0 Å². The summed E-state index contributed by atoms with van der Waals surface area (Å²) in [6, 6.07) is 0. The van der Waals surface area contributed by atoms with Crippen molar-refractivity contribution in [3.63, 3.8) is 0 Å². The van der Waals surface area contributed by atoms with Crippen LogP contribution in [0.2, 0.25) is 0 Å². The highest BCUT2D eigenvalue weighted by Crippen LogP contribution is 2.25. The number of esters is 4. The minimum atomic E-state index is -1.18. The summed E-state index contributed by atoms with van der Waals surface area (Å²) in [5.41, 5.74) is -1.18. The monoisotopic (exact) mass is 304 g/mol. The van der Waals surface area contributed by atoms with E-state index in [-0.39, 0.29) is 26.2 Å². The Morgan fingerprint density at radius 2 is 1.10 bits per heavy atom. The molecule has 0 saturated carbocycles. The van der Waals surface area contributed by atoms with Crippen LogP contribution in [-0.2, 0) is 38.1 Å². The molecule has 0 aromatic rings. The molecule has 0 aliphatic heterocycles. The molecule has 0 amide bonds. The molecule has 0 aliphatic carbocycles. The Balaban J connectivity index is 5.11. The second kappa shape index (κ2) is 8.93. The highest BCUT2D eigenvalue weighted by Gasteiger charge is 2.38. The average molecular weight is 304 g/mol. The van der Waals surface area contributed by atoms with Crippen LogP contribution in [0.5, 0.6) is 0 Å². The summed E-state index contributed by atoms with van der Waals surface area (Å²) in [5, 5.41) is 0. The second-order valence-electron chi connectivity index (χ2n) is 4.59. The van der Waals surface area contributed by atoms with Crippen LogP contribution in [-0.4, -0.2) is 50.8 Å². The van der Waals surface area contributed by atoms with Crippen molar-refractivity contribution in [2.24, 2.45) is 5.41 Å². The van der Waals surface area contributed by atoms with Gasteiger partial charge in [0, 0.05) is 20.8 Å². The standard InChI is InChI=1S/C13H20O8/c1-9(14)19-6-13(5-12(17)18-4,7-20-10(2)15)8-21-11(3)16/h5-8H2,1-4H3. The van der Waals surface area contributed by atoms with Gasteiger partial charge in [-0.15, -0.1) is 0 Å². The SMILES string of the molecule is COC(=O)CC(COC(C)=O)(COC(C)=O)COC(C)=O. The lowest BCUT2D eigenvalue weighted by atomic mass is 9.87. The van der Waals surface area contributed by atoms with Gasteiger partial charge >= 0.3 is 23.9 Å². The molecule has 0 radical (unpaired) electrons. The first-order valence-electron chi connectivity index (χ1n) is 6.18. The summed E-state index contributed by atoms with van der Waals surface area (Å²) < 4.78 is 19.2. The Morgan fingerprint density at radius 3 is 1.33 bits per heavy atom. The van der Waals surface area contributed by atoms with Crippen molar-refractivity contribution >= 4 is 23.9 Å². The third kappa shape index (κ3) is 8.61. The van der Waals surface area contributed by atoms with Crippen LogP contribution in [0.1, 0.15) is 27.2 Å². The fraction of sp³-hybridized carbons (Fsp3) is 0.692. The van der Waals surface area contributed by atoms with Gasteiger partial charge in [-0.3, -0.25) is 19.2 Å². The Labute approximate surface area is 122 Å². The molecule has 8 heteroatoms. The Hall–Kier alpha value is -2.12. The van der Waals surface area contributed by atoms with Gasteiger partial charge in [0.05, 0.1) is 18.9 Å². The van der Waals surface area contributed by atoms with Gasteiger partial charge in [0.1, 0.15) is 19.8 Å². The predicted molar refractivity (Wildman–Crippen MR) is 69.0 cm³/mol. The molecule has 120 valence electrons. The third-order valence-electron chi connectivity index (χ3n) is 2.49. The van der Waals surface area contributed by atoms with Crippen molar-refractivity contribution in [1.82, 2.24) is 0 Å². The lowest BCUT2D eigenvalue weighted by Crippen LogP contribution is -2.41. The molecule has 0 N–H and O–H groups in total. The number of ether oxygens (including phenoxy) is 4. The molecule has 0 unspecified atom stereocenters. The van der Waals surface area contributed by atoms with Gasteiger partial charge in [-0.2, -0.15) is 0 Å². The van der Waals surface area contributed by atoms with Gasteiger partial charge in [0.15, 0.2) is 0 Å². The zero-order valence-electron chi connectivity index (χ0n) is 12.6. The quantitative estimate of drug-likeness (QED) is 0.463. The number of carbonyl (C=O) groups excluding carboxylic acids is 4. The van der Waals surface area contributed by atoms with Crippen molar-refractivity contribution in [1.29, 1.82) is 0 Å². The van der Waals surface area contributed by atoms with Gasteiger partial charge in [0.2, 0.25) is 0 Å². The molecule has 0 bridgehead atoms. The fourth-order valence-corrected chi connectivity index (χ4v) is 1.42. The molecule has 8 nitrogen and oxygen atoms in total. The Morgan fingerprint density at radius 1 is 0.762 bits per heavy atom. The Kier molecular flexibility index (Phi) is 8.03. The van der Waals surface area contributed by atoms with Crippen molar-refractivity contribution in [3.05, 3.63) is 0 Å². The molecule has 0 atom stereocenters. The van der Waals surface area contributed by atoms with Crippen molar-refractivity contribution < 1.29 is 38.1 Å². The van der Waals surface area contributed by atoms with E-state index in [2.05, 4.69) is 4.74 Å². The van der Waals surface area contributed by atoms with Crippen LogP contribution in [0.3, 0.4) is 0 Å². The highest BCUT2D eigenvalue weighted by atomic mass is 16.6. The molecular weight excluding hydrogens is 284 g/mol. The van der Waals surface area contributed by atoms with E-state index in [1.54, 1.807) is 0 Å². The smallest absolute Gasteiger partial charge is 0.306 e. The van der Waals surface area contributed by atoms with Gasteiger partial charge < -0.3 is 18.9 Å². The maximum atomic E-state index is 11.5.